The van der Waals surface area contributed by atoms with Gasteiger partial charge in [-0.15, -0.1) is 0 Å². The number of aliphatic carboxylic acids is 1. The van der Waals surface area contributed by atoms with Gasteiger partial charge in [0.25, 0.3) is 0 Å². The van der Waals surface area contributed by atoms with E-state index >= 15 is 0 Å². The SMILES string of the molecule is CCC(CC)(CNC(=O)C1CCOCC1C)C(=O)O. The van der Waals surface area contributed by atoms with Crippen LogP contribution in [0.1, 0.15) is 40.0 Å². The second-order valence-corrected chi connectivity index (χ2v) is 5.46. The summed E-state index contributed by atoms with van der Waals surface area (Å²) in [7, 11) is 0. The fourth-order valence-electron chi connectivity index (χ4n) is 2.54. The first-order chi connectivity index (χ1) is 8.96. The molecule has 0 aromatic carbocycles. The third-order valence-corrected chi connectivity index (χ3v) is 4.39. The number of ether oxygens (including phenoxy) is 1. The van der Waals surface area contributed by atoms with Gasteiger partial charge >= 0.3 is 5.97 Å². The molecule has 0 aliphatic carbocycles. The molecule has 1 heterocycles. The number of hydrogen-bond acceptors (Lipinski definition) is 3. The van der Waals surface area contributed by atoms with Crippen molar-refractivity contribution in [3.05, 3.63) is 0 Å². The maximum Gasteiger partial charge on any atom is 0.311 e. The highest BCUT2D eigenvalue weighted by Gasteiger charge is 2.36. The number of carboxylic acid groups (broad SMARTS) is 1. The van der Waals surface area contributed by atoms with Crippen LogP contribution in [0.5, 0.6) is 0 Å². The Bertz CT molecular complexity index is 325. The number of hydrogen-bond donors (Lipinski definition) is 2. The lowest BCUT2D eigenvalue weighted by atomic mass is 9.82. The Kier molecular flexibility index (Phi) is 5.79. The summed E-state index contributed by atoms with van der Waals surface area (Å²) >= 11 is 0. The van der Waals surface area contributed by atoms with Gasteiger partial charge in [-0.2, -0.15) is 0 Å². The van der Waals surface area contributed by atoms with Gasteiger partial charge < -0.3 is 15.2 Å². The molecule has 0 saturated carbocycles. The normalized spacial score (nSPS) is 23.9. The monoisotopic (exact) mass is 271 g/mol. The van der Waals surface area contributed by atoms with Crippen LogP contribution in [-0.2, 0) is 14.3 Å². The lowest BCUT2D eigenvalue weighted by Gasteiger charge is -2.31. The van der Waals surface area contributed by atoms with Crippen molar-refractivity contribution in [3.63, 3.8) is 0 Å². The van der Waals surface area contributed by atoms with Gasteiger partial charge in [0, 0.05) is 25.7 Å². The van der Waals surface area contributed by atoms with Crippen molar-refractivity contribution in [2.24, 2.45) is 17.3 Å². The maximum absolute atomic E-state index is 12.2. The van der Waals surface area contributed by atoms with Crippen molar-refractivity contribution in [3.8, 4) is 0 Å². The molecule has 110 valence electrons. The van der Waals surface area contributed by atoms with Crippen LogP contribution in [-0.4, -0.2) is 36.7 Å². The van der Waals surface area contributed by atoms with Gasteiger partial charge in [-0.1, -0.05) is 20.8 Å². The third-order valence-electron chi connectivity index (χ3n) is 4.39. The Hall–Kier alpha value is -1.10. The molecular formula is C14H25NO4. The molecule has 0 aromatic heterocycles. The molecule has 0 radical (unpaired) electrons. The molecule has 5 heteroatoms. The highest BCUT2D eigenvalue weighted by Crippen LogP contribution is 2.27. The first kappa shape index (κ1) is 16.0. The van der Waals surface area contributed by atoms with E-state index < -0.39 is 11.4 Å². The fourth-order valence-corrected chi connectivity index (χ4v) is 2.54. The number of carboxylic acids is 1. The van der Waals surface area contributed by atoms with Crippen LogP contribution in [0.15, 0.2) is 0 Å². The lowest BCUT2D eigenvalue weighted by molar-refractivity contribution is -0.149. The molecule has 1 saturated heterocycles. The lowest BCUT2D eigenvalue weighted by Crippen LogP contribution is -2.46. The molecule has 1 aliphatic rings. The smallest absolute Gasteiger partial charge is 0.311 e. The van der Waals surface area contributed by atoms with Crippen LogP contribution >= 0.6 is 0 Å². The molecule has 0 aromatic rings. The second kappa shape index (κ2) is 6.89. The van der Waals surface area contributed by atoms with Crippen molar-refractivity contribution < 1.29 is 19.4 Å². The minimum Gasteiger partial charge on any atom is -0.481 e. The third kappa shape index (κ3) is 3.69. The van der Waals surface area contributed by atoms with Crippen LogP contribution in [0.2, 0.25) is 0 Å². The van der Waals surface area contributed by atoms with Gasteiger partial charge in [-0.25, -0.2) is 0 Å². The summed E-state index contributed by atoms with van der Waals surface area (Å²) in [6.45, 7) is 7.10. The first-order valence-electron chi connectivity index (χ1n) is 7.05. The molecule has 19 heavy (non-hydrogen) atoms. The number of rotatable bonds is 6. The van der Waals surface area contributed by atoms with E-state index in [1.165, 1.54) is 0 Å². The standard InChI is InChI=1S/C14H25NO4/c1-4-14(5-2,13(17)18)9-15-12(16)11-6-7-19-8-10(11)3/h10-11H,4-9H2,1-3H3,(H,15,16)(H,17,18). The minimum atomic E-state index is -0.843. The van der Waals surface area contributed by atoms with Gasteiger partial charge in [0.05, 0.1) is 5.41 Å². The largest absolute Gasteiger partial charge is 0.481 e. The molecule has 2 N–H and O–H groups in total. The highest BCUT2D eigenvalue weighted by molar-refractivity contribution is 5.81. The molecule has 0 spiro atoms. The van der Waals surface area contributed by atoms with E-state index in [4.69, 9.17) is 4.74 Å². The quantitative estimate of drug-likeness (QED) is 0.770. The van der Waals surface area contributed by atoms with Gasteiger partial charge in [0.15, 0.2) is 0 Å². The highest BCUT2D eigenvalue weighted by atomic mass is 16.5. The van der Waals surface area contributed by atoms with Gasteiger partial charge in [-0.3, -0.25) is 9.59 Å². The summed E-state index contributed by atoms with van der Waals surface area (Å²) in [6.07, 6.45) is 1.75. The summed E-state index contributed by atoms with van der Waals surface area (Å²) in [6, 6.07) is 0. The Morgan fingerprint density at radius 3 is 2.47 bits per heavy atom. The molecule has 1 amide bonds. The van der Waals surface area contributed by atoms with E-state index in [2.05, 4.69) is 5.32 Å². The van der Waals surface area contributed by atoms with Crippen molar-refractivity contribution in [1.29, 1.82) is 0 Å². The van der Waals surface area contributed by atoms with Gasteiger partial charge in [0.1, 0.15) is 0 Å². The van der Waals surface area contributed by atoms with Gasteiger partial charge in [0.2, 0.25) is 5.91 Å². The topological polar surface area (TPSA) is 75.6 Å². The summed E-state index contributed by atoms with van der Waals surface area (Å²) in [5.74, 6) is -0.744. The minimum absolute atomic E-state index is 0.0386. The number of carbonyl (C=O) groups excluding carboxylic acids is 1. The molecule has 5 nitrogen and oxygen atoms in total. The van der Waals surface area contributed by atoms with E-state index in [9.17, 15) is 14.7 Å². The summed E-state index contributed by atoms with van der Waals surface area (Å²) in [5.41, 5.74) is -0.843. The zero-order valence-electron chi connectivity index (χ0n) is 12.1. The van der Waals surface area contributed by atoms with E-state index in [1.54, 1.807) is 0 Å². The Morgan fingerprint density at radius 2 is 2.00 bits per heavy atom. The van der Waals surface area contributed by atoms with Gasteiger partial charge in [-0.05, 0) is 25.2 Å². The van der Waals surface area contributed by atoms with Crippen LogP contribution in [0.3, 0.4) is 0 Å². The van der Waals surface area contributed by atoms with E-state index in [0.717, 1.165) is 0 Å². The zero-order valence-corrected chi connectivity index (χ0v) is 12.1. The molecule has 0 bridgehead atoms. The van der Waals surface area contributed by atoms with Crippen molar-refractivity contribution in [2.45, 2.75) is 40.0 Å². The number of nitrogens with one attached hydrogen (secondary N) is 1. The fraction of sp³-hybridized carbons (Fsp3) is 0.857. The summed E-state index contributed by atoms with van der Waals surface area (Å²) < 4.78 is 5.31. The van der Waals surface area contributed by atoms with E-state index in [1.807, 2.05) is 20.8 Å². The van der Waals surface area contributed by atoms with Crippen molar-refractivity contribution >= 4 is 11.9 Å². The summed E-state index contributed by atoms with van der Waals surface area (Å²) in [5, 5.41) is 12.2. The maximum atomic E-state index is 12.2. The van der Waals surface area contributed by atoms with E-state index in [0.29, 0.717) is 32.5 Å². The molecule has 2 atom stereocenters. The Labute approximate surface area is 114 Å². The first-order valence-corrected chi connectivity index (χ1v) is 7.05. The Morgan fingerprint density at radius 1 is 1.37 bits per heavy atom. The predicted octanol–water partition coefficient (Wildman–Crippen LogP) is 1.67. The van der Waals surface area contributed by atoms with Crippen molar-refractivity contribution in [2.75, 3.05) is 19.8 Å². The molecule has 1 fully saturated rings. The number of carbonyl (C=O) groups is 2. The molecule has 2 unspecified atom stereocenters. The molecular weight excluding hydrogens is 246 g/mol. The van der Waals surface area contributed by atoms with Crippen LogP contribution in [0, 0.1) is 17.3 Å². The Balaban J connectivity index is 2.59. The second-order valence-electron chi connectivity index (χ2n) is 5.46. The zero-order chi connectivity index (χ0) is 14.5. The average Bonchev–Trinajstić information content (AvgIpc) is 2.40. The predicted molar refractivity (Wildman–Crippen MR) is 71.8 cm³/mol. The average molecular weight is 271 g/mol. The van der Waals surface area contributed by atoms with Crippen LogP contribution < -0.4 is 5.32 Å². The van der Waals surface area contributed by atoms with E-state index in [-0.39, 0.29) is 24.3 Å². The number of amides is 1. The molecule has 1 rings (SSSR count). The van der Waals surface area contributed by atoms with Crippen LogP contribution in [0.25, 0.3) is 0 Å². The van der Waals surface area contributed by atoms with Crippen LogP contribution in [0.4, 0.5) is 0 Å². The van der Waals surface area contributed by atoms with Crippen molar-refractivity contribution in [1.82, 2.24) is 5.32 Å². The molecule has 1 aliphatic heterocycles. The summed E-state index contributed by atoms with van der Waals surface area (Å²) in [4.78, 5) is 23.5.